The number of hydrogen-bond acceptors (Lipinski definition) is 2. The van der Waals surface area contributed by atoms with Gasteiger partial charge in [0.15, 0.2) is 0 Å². The highest BCUT2D eigenvalue weighted by atomic mass is 16.4. The summed E-state index contributed by atoms with van der Waals surface area (Å²) in [5, 5.41) is 12.1. The lowest BCUT2D eigenvalue weighted by molar-refractivity contribution is -0.139. The Morgan fingerprint density at radius 1 is 1.47 bits per heavy atom. The van der Waals surface area contributed by atoms with Crippen LogP contribution in [-0.2, 0) is 4.79 Å². The zero-order valence-corrected chi connectivity index (χ0v) is 10.2. The molecule has 0 aliphatic heterocycles. The molecule has 1 rings (SSSR count). The normalized spacial score (nSPS) is 32.3. The van der Waals surface area contributed by atoms with Crippen molar-refractivity contribution >= 4 is 5.97 Å². The van der Waals surface area contributed by atoms with Gasteiger partial charge in [-0.05, 0) is 37.5 Å². The van der Waals surface area contributed by atoms with Crippen LogP contribution < -0.4 is 5.32 Å². The van der Waals surface area contributed by atoms with Gasteiger partial charge in [0.2, 0.25) is 0 Å². The van der Waals surface area contributed by atoms with Crippen LogP contribution in [0.1, 0.15) is 47.0 Å². The zero-order valence-electron chi connectivity index (χ0n) is 10.2. The number of carboxylic acid groups (broad SMARTS) is 1. The molecule has 2 N–H and O–H groups in total. The topological polar surface area (TPSA) is 49.3 Å². The summed E-state index contributed by atoms with van der Waals surface area (Å²) >= 11 is 0. The molecule has 0 bridgehead atoms. The Bertz CT molecular complexity index is 238. The van der Waals surface area contributed by atoms with Crippen molar-refractivity contribution in [3.8, 4) is 0 Å². The van der Waals surface area contributed by atoms with E-state index in [4.69, 9.17) is 5.11 Å². The van der Waals surface area contributed by atoms with Gasteiger partial charge in [-0.25, -0.2) is 0 Å². The fraction of sp³-hybridized carbons (Fsp3) is 0.917. The molecule has 3 heteroatoms. The van der Waals surface area contributed by atoms with Crippen LogP contribution in [0.5, 0.6) is 0 Å². The number of hydrogen-bond donors (Lipinski definition) is 2. The van der Waals surface area contributed by atoms with Crippen molar-refractivity contribution in [3.05, 3.63) is 0 Å². The minimum absolute atomic E-state index is 0.341. The van der Waals surface area contributed by atoms with E-state index in [9.17, 15) is 4.79 Å². The van der Waals surface area contributed by atoms with E-state index >= 15 is 0 Å². The lowest BCUT2D eigenvalue weighted by Crippen LogP contribution is -2.46. The van der Waals surface area contributed by atoms with Gasteiger partial charge < -0.3 is 10.4 Å². The molecule has 1 saturated carbocycles. The lowest BCUT2D eigenvalue weighted by atomic mass is 9.70. The predicted molar refractivity (Wildman–Crippen MR) is 60.8 cm³/mol. The second-order valence-corrected chi connectivity index (χ2v) is 5.84. The van der Waals surface area contributed by atoms with Crippen LogP contribution in [0, 0.1) is 11.3 Å². The van der Waals surface area contributed by atoms with Crippen molar-refractivity contribution in [2.45, 2.75) is 59.0 Å². The third-order valence-corrected chi connectivity index (χ3v) is 3.24. The van der Waals surface area contributed by atoms with Crippen molar-refractivity contribution in [2.24, 2.45) is 11.3 Å². The van der Waals surface area contributed by atoms with Crippen LogP contribution in [-0.4, -0.2) is 23.2 Å². The fourth-order valence-electron chi connectivity index (χ4n) is 2.90. The molecule has 1 aliphatic rings. The highest BCUT2D eigenvalue weighted by Crippen LogP contribution is 2.38. The van der Waals surface area contributed by atoms with E-state index < -0.39 is 12.0 Å². The molecule has 1 fully saturated rings. The highest BCUT2D eigenvalue weighted by Gasteiger charge is 2.32. The third kappa shape index (κ3) is 3.82. The molecule has 0 radical (unpaired) electrons. The van der Waals surface area contributed by atoms with E-state index in [2.05, 4.69) is 26.1 Å². The summed E-state index contributed by atoms with van der Waals surface area (Å²) in [6.45, 7) is 8.50. The van der Waals surface area contributed by atoms with Gasteiger partial charge >= 0.3 is 5.97 Å². The average Bonchev–Trinajstić information content (AvgIpc) is 1.99. The first-order valence-corrected chi connectivity index (χ1v) is 5.79. The molecular formula is C12H23NO2. The van der Waals surface area contributed by atoms with Gasteiger partial charge in [-0.15, -0.1) is 0 Å². The van der Waals surface area contributed by atoms with E-state index in [0.29, 0.717) is 17.4 Å². The smallest absolute Gasteiger partial charge is 0.320 e. The first-order chi connectivity index (χ1) is 6.80. The number of nitrogens with one attached hydrogen (secondary N) is 1. The Hall–Kier alpha value is -0.570. The molecule has 3 unspecified atom stereocenters. The molecule has 0 aromatic rings. The number of carboxylic acids is 1. The second-order valence-electron chi connectivity index (χ2n) is 5.84. The van der Waals surface area contributed by atoms with Crippen molar-refractivity contribution < 1.29 is 9.90 Å². The van der Waals surface area contributed by atoms with Gasteiger partial charge in [0.05, 0.1) is 0 Å². The number of rotatable bonds is 3. The Balaban J connectivity index is 2.52. The predicted octanol–water partition coefficient (Wildman–Crippen LogP) is 2.26. The van der Waals surface area contributed by atoms with Gasteiger partial charge in [-0.1, -0.05) is 20.8 Å². The Kier molecular flexibility index (Phi) is 3.77. The Morgan fingerprint density at radius 3 is 2.53 bits per heavy atom. The van der Waals surface area contributed by atoms with E-state index in [1.807, 2.05) is 0 Å². The van der Waals surface area contributed by atoms with Crippen molar-refractivity contribution in [3.63, 3.8) is 0 Å². The summed E-state index contributed by atoms with van der Waals surface area (Å²) in [4.78, 5) is 10.8. The largest absolute Gasteiger partial charge is 0.480 e. The Labute approximate surface area is 92.3 Å². The molecule has 0 aromatic heterocycles. The quantitative estimate of drug-likeness (QED) is 0.756. The maximum Gasteiger partial charge on any atom is 0.320 e. The highest BCUT2D eigenvalue weighted by molar-refractivity contribution is 5.72. The first kappa shape index (κ1) is 12.5. The van der Waals surface area contributed by atoms with E-state index in [-0.39, 0.29) is 0 Å². The monoisotopic (exact) mass is 213 g/mol. The van der Waals surface area contributed by atoms with Crippen LogP contribution in [0.3, 0.4) is 0 Å². The van der Waals surface area contributed by atoms with Gasteiger partial charge in [0, 0.05) is 6.04 Å². The number of carbonyl (C=O) groups is 1. The molecule has 0 spiro atoms. The molecule has 88 valence electrons. The molecule has 3 nitrogen and oxygen atoms in total. The average molecular weight is 213 g/mol. The summed E-state index contributed by atoms with van der Waals surface area (Å²) < 4.78 is 0. The van der Waals surface area contributed by atoms with Crippen molar-refractivity contribution in [1.29, 1.82) is 0 Å². The maximum absolute atomic E-state index is 10.8. The minimum atomic E-state index is -0.758. The molecule has 15 heavy (non-hydrogen) atoms. The molecule has 3 atom stereocenters. The van der Waals surface area contributed by atoms with Crippen molar-refractivity contribution in [2.75, 3.05) is 0 Å². The number of aliphatic carboxylic acids is 1. The molecule has 0 amide bonds. The van der Waals surface area contributed by atoms with Crippen LogP contribution in [0.2, 0.25) is 0 Å². The van der Waals surface area contributed by atoms with Gasteiger partial charge in [-0.2, -0.15) is 0 Å². The van der Waals surface area contributed by atoms with Crippen LogP contribution in [0.15, 0.2) is 0 Å². The molecule has 0 aromatic carbocycles. The van der Waals surface area contributed by atoms with Gasteiger partial charge in [-0.3, -0.25) is 4.79 Å². The maximum atomic E-state index is 10.8. The van der Waals surface area contributed by atoms with Crippen LogP contribution in [0.4, 0.5) is 0 Å². The zero-order chi connectivity index (χ0) is 11.6. The van der Waals surface area contributed by atoms with Crippen LogP contribution in [0.25, 0.3) is 0 Å². The third-order valence-electron chi connectivity index (χ3n) is 3.24. The Morgan fingerprint density at radius 2 is 2.07 bits per heavy atom. The fourth-order valence-corrected chi connectivity index (χ4v) is 2.90. The molecule has 1 aliphatic carbocycles. The van der Waals surface area contributed by atoms with Crippen LogP contribution >= 0.6 is 0 Å². The standard InChI is InChI=1S/C12H23NO2/c1-8-5-10(7-12(3,4)6-8)13-9(2)11(14)15/h8-10,13H,5-7H2,1-4H3,(H,14,15). The van der Waals surface area contributed by atoms with Gasteiger partial charge in [0.1, 0.15) is 6.04 Å². The lowest BCUT2D eigenvalue weighted by Gasteiger charge is -2.40. The minimum Gasteiger partial charge on any atom is -0.480 e. The molecule has 0 saturated heterocycles. The summed E-state index contributed by atoms with van der Waals surface area (Å²) in [7, 11) is 0. The van der Waals surface area contributed by atoms with E-state index in [1.165, 1.54) is 6.42 Å². The summed E-state index contributed by atoms with van der Waals surface area (Å²) in [5.41, 5.74) is 0.341. The van der Waals surface area contributed by atoms with E-state index in [0.717, 1.165) is 12.8 Å². The molecular weight excluding hydrogens is 190 g/mol. The first-order valence-electron chi connectivity index (χ1n) is 5.79. The summed E-state index contributed by atoms with van der Waals surface area (Å²) in [6.07, 6.45) is 3.42. The van der Waals surface area contributed by atoms with E-state index in [1.54, 1.807) is 6.92 Å². The summed E-state index contributed by atoms with van der Waals surface area (Å²) in [6, 6.07) is -0.0778. The summed E-state index contributed by atoms with van der Waals surface area (Å²) in [5.74, 6) is -0.0710. The molecule has 0 heterocycles. The second kappa shape index (κ2) is 4.52. The van der Waals surface area contributed by atoms with Crippen molar-refractivity contribution in [1.82, 2.24) is 5.32 Å². The SMILES string of the molecule is CC1CC(NC(C)C(=O)O)CC(C)(C)C1. The van der Waals surface area contributed by atoms with Gasteiger partial charge in [0.25, 0.3) is 0 Å².